The lowest BCUT2D eigenvalue weighted by Gasteiger charge is -2.34. The summed E-state index contributed by atoms with van der Waals surface area (Å²) in [6, 6.07) is 6.82. The highest BCUT2D eigenvalue weighted by Crippen LogP contribution is 2.29. The Hall–Kier alpha value is -2.79. The van der Waals surface area contributed by atoms with Crippen LogP contribution in [0.1, 0.15) is 24.2 Å². The number of nitro benzene ring substituents is 1. The Labute approximate surface area is 203 Å². The van der Waals surface area contributed by atoms with E-state index in [-0.39, 0.29) is 10.6 Å². The Balaban J connectivity index is 1.59. The number of halogens is 1. The van der Waals surface area contributed by atoms with E-state index in [2.05, 4.69) is 31.7 Å². The van der Waals surface area contributed by atoms with Crippen molar-refractivity contribution < 1.29 is 4.92 Å². The number of anilines is 1. The van der Waals surface area contributed by atoms with Crippen LogP contribution in [-0.2, 0) is 13.1 Å². The molecule has 1 aliphatic heterocycles. The fourth-order valence-electron chi connectivity index (χ4n) is 4.34. The minimum atomic E-state index is -0.382. The van der Waals surface area contributed by atoms with E-state index in [1.165, 1.54) is 6.07 Å². The van der Waals surface area contributed by atoms with Crippen molar-refractivity contribution in [2.75, 3.05) is 51.2 Å². The summed E-state index contributed by atoms with van der Waals surface area (Å²) in [4.78, 5) is 30.7. The largest absolute Gasteiger partial charge is 0.367 e. The van der Waals surface area contributed by atoms with E-state index in [0.717, 1.165) is 62.6 Å². The zero-order valence-electron chi connectivity index (χ0n) is 19.4. The van der Waals surface area contributed by atoms with Gasteiger partial charge in [-0.05, 0) is 45.1 Å². The molecule has 0 aliphatic carbocycles. The number of piperazine rings is 1. The van der Waals surface area contributed by atoms with Crippen LogP contribution in [0.15, 0.2) is 30.5 Å². The van der Waals surface area contributed by atoms with Gasteiger partial charge in [-0.1, -0.05) is 17.7 Å². The molecule has 0 radical (unpaired) electrons. The predicted octanol–water partition coefficient (Wildman–Crippen LogP) is 3.01. The lowest BCUT2D eigenvalue weighted by atomic mass is 10.1. The number of H-pyrrole nitrogens is 1. The molecule has 0 bridgehead atoms. The summed E-state index contributed by atoms with van der Waals surface area (Å²) in [5.74, 6) is 0.770. The number of rotatable bonds is 10. The average Bonchev–Trinajstić information content (AvgIpc) is 3.23. The fraction of sp³-hybridized carbons (Fsp3) is 0.478. The molecule has 182 valence electrons. The number of imidazole rings is 1. The maximum Gasteiger partial charge on any atom is 0.275 e. The number of unbranched alkanes of at least 4 members (excludes halogenated alkanes) is 1. The van der Waals surface area contributed by atoms with Crippen molar-refractivity contribution in [2.45, 2.75) is 25.9 Å². The maximum atomic E-state index is 11.6. The smallest absolute Gasteiger partial charge is 0.275 e. The van der Waals surface area contributed by atoms with E-state index < -0.39 is 0 Å². The van der Waals surface area contributed by atoms with Crippen LogP contribution < -0.4 is 10.6 Å². The van der Waals surface area contributed by atoms with Crippen LogP contribution in [0.3, 0.4) is 0 Å². The number of aromatic nitrogens is 3. The molecule has 3 aromatic rings. The van der Waals surface area contributed by atoms with Gasteiger partial charge in [-0.2, -0.15) is 0 Å². The lowest BCUT2D eigenvalue weighted by molar-refractivity contribution is -0.385. The van der Waals surface area contributed by atoms with Gasteiger partial charge in [0.05, 0.1) is 27.7 Å². The number of hydrogen-bond donors (Lipinski definition) is 2. The van der Waals surface area contributed by atoms with Gasteiger partial charge < -0.3 is 20.5 Å². The van der Waals surface area contributed by atoms with Gasteiger partial charge in [0.2, 0.25) is 0 Å². The average molecular weight is 487 g/mol. The van der Waals surface area contributed by atoms with Gasteiger partial charge in [0.15, 0.2) is 5.65 Å². The van der Waals surface area contributed by atoms with E-state index in [1.54, 1.807) is 18.3 Å². The Kier molecular flexibility index (Phi) is 7.94. The van der Waals surface area contributed by atoms with Gasteiger partial charge in [-0.25, -0.2) is 9.97 Å². The second-order valence-corrected chi connectivity index (χ2v) is 9.11. The summed E-state index contributed by atoms with van der Waals surface area (Å²) in [5.41, 5.74) is 8.93. The normalized spacial score (nSPS) is 14.9. The van der Waals surface area contributed by atoms with Crippen LogP contribution in [0, 0.1) is 10.1 Å². The zero-order chi connectivity index (χ0) is 24.1. The van der Waals surface area contributed by atoms with Crippen molar-refractivity contribution in [3.8, 4) is 0 Å². The summed E-state index contributed by atoms with van der Waals surface area (Å²) in [6.45, 7) is 6.07. The highest BCUT2D eigenvalue weighted by molar-refractivity contribution is 6.31. The molecule has 1 saturated heterocycles. The van der Waals surface area contributed by atoms with Crippen molar-refractivity contribution in [1.82, 2.24) is 24.8 Å². The molecule has 1 aromatic carbocycles. The molecular formula is C23H31ClN8O2. The maximum absolute atomic E-state index is 11.6. The van der Waals surface area contributed by atoms with Crippen molar-refractivity contribution in [1.29, 1.82) is 0 Å². The molecule has 0 atom stereocenters. The minimum Gasteiger partial charge on any atom is -0.367 e. The standard InChI is InChI=1S/C23H31ClN8O2/c1-29-11-13-31(14-12-29)20-7-9-26-23-22(20)27-21(28-23)16-30(10-3-2-8-25)15-17-18(24)5-4-6-19(17)32(33)34/h4-7,9H,2-3,8,10-16,25H2,1H3,(H,26,27,28). The van der Waals surface area contributed by atoms with E-state index in [1.807, 2.05) is 6.07 Å². The third-order valence-corrected chi connectivity index (χ3v) is 6.59. The molecule has 11 heteroatoms. The zero-order valence-corrected chi connectivity index (χ0v) is 20.2. The number of nitrogens with two attached hydrogens (primary N) is 1. The van der Waals surface area contributed by atoms with Crippen molar-refractivity contribution in [3.63, 3.8) is 0 Å². The minimum absolute atomic E-state index is 0.0277. The third kappa shape index (κ3) is 5.64. The summed E-state index contributed by atoms with van der Waals surface area (Å²) in [5, 5.41) is 12.0. The first-order chi connectivity index (χ1) is 16.5. The Bertz CT molecular complexity index is 1130. The molecule has 3 heterocycles. The van der Waals surface area contributed by atoms with Crippen molar-refractivity contribution in [2.24, 2.45) is 5.73 Å². The molecule has 1 fully saturated rings. The summed E-state index contributed by atoms with van der Waals surface area (Å²) in [7, 11) is 2.14. The van der Waals surface area contributed by atoms with Crippen molar-refractivity contribution >= 4 is 34.1 Å². The molecule has 2 aromatic heterocycles. The number of likely N-dealkylation sites (N-methyl/N-ethyl adjacent to an activating group) is 1. The molecule has 0 saturated carbocycles. The van der Waals surface area contributed by atoms with E-state index in [4.69, 9.17) is 22.3 Å². The number of pyridine rings is 1. The number of nitrogens with one attached hydrogen (secondary N) is 1. The van der Waals surface area contributed by atoms with Gasteiger partial charge in [0.25, 0.3) is 5.69 Å². The van der Waals surface area contributed by atoms with Crippen LogP contribution in [0.4, 0.5) is 11.4 Å². The summed E-state index contributed by atoms with van der Waals surface area (Å²) < 4.78 is 0. The number of nitro groups is 1. The van der Waals surface area contributed by atoms with Crippen LogP contribution in [0.5, 0.6) is 0 Å². The first-order valence-electron chi connectivity index (χ1n) is 11.6. The Morgan fingerprint density at radius 3 is 2.74 bits per heavy atom. The van der Waals surface area contributed by atoms with Gasteiger partial charge >= 0.3 is 0 Å². The van der Waals surface area contributed by atoms with E-state index in [0.29, 0.717) is 35.9 Å². The van der Waals surface area contributed by atoms with Crippen LogP contribution >= 0.6 is 11.6 Å². The predicted molar refractivity (Wildman–Crippen MR) is 134 cm³/mol. The number of fused-ring (bicyclic) bond motifs is 1. The van der Waals surface area contributed by atoms with Crippen LogP contribution in [0.2, 0.25) is 5.02 Å². The Morgan fingerprint density at radius 2 is 2.00 bits per heavy atom. The number of aromatic amines is 1. The second kappa shape index (κ2) is 11.1. The molecule has 4 rings (SSSR count). The lowest BCUT2D eigenvalue weighted by Crippen LogP contribution is -2.44. The number of benzene rings is 1. The molecule has 10 nitrogen and oxygen atoms in total. The van der Waals surface area contributed by atoms with E-state index in [9.17, 15) is 10.1 Å². The molecule has 0 unspecified atom stereocenters. The molecule has 1 aliphatic rings. The topological polar surface area (TPSA) is 120 Å². The van der Waals surface area contributed by atoms with Gasteiger partial charge in [-0.15, -0.1) is 0 Å². The highest BCUT2D eigenvalue weighted by atomic mass is 35.5. The molecule has 0 amide bonds. The van der Waals surface area contributed by atoms with Crippen molar-refractivity contribution in [3.05, 3.63) is 57.0 Å². The van der Waals surface area contributed by atoms with Crippen LogP contribution in [-0.4, -0.2) is 76.0 Å². The summed E-state index contributed by atoms with van der Waals surface area (Å²) in [6.07, 6.45) is 3.54. The number of hydrogen-bond acceptors (Lipinski definition) is 8. The van der Waals surface area contributed by atoms with E-state index >= 15 is 0 Å². The third-order valence-electron chi connectivity index (χ3n) is 6.24. The fourth-order valence-corrected chi connectivity index (χ4v) is 4.56. The molecule has 34 heavy (non-hydrogen) atoms. The van der Waals surface area contributed by atoms with Gasteiger partial charge in [-0.3, -0.25) is 15.0 Å². The first-order valence-corrected chi connectivity index (χ1v) is 12.0. The molecular weight excluding hydrogens is 456 g/mol. The highest BCUT2D eigenvalue weighted by Gasteiger charge is 2.22. The summed E-state index contributed by atoms with van der Waals surface area (Å²) >= 11 is 6.37. The quantitative estimate of drug-likeness (QED) is 0.255. The molecule has 3 N–H and O–H groups in total. The monoisotopic (exact) mass is 486 g/mol. The van der Waals surface area contributed by atoms with Gasteiger partial charge in [0, 0.05) is 45.0 Å². The van der Waals surface area contributed by atoms with Gasteiger partial charge in [0.1, 0.15) is 11.3 Å². The molecule has 0 spiro atoms. The second-order valence-electron chi connectivity index (χ2n) is 8.70. The SMILES string of the molecule is CN1CCN(c2ccnc3nc(CN(CCCCN)Cc4c(Cl)cccc4[N+](=O)[O-])[nH]c23)CC1. The Morgan fingerprint density at radius 1 is 1.21 bits per heavy atom. The van der Waals surface area contributed by atoms with Crippen LogP contribution in [0.25, 0.3) is 11.2 Å². The first kappa shape index (κ1) is 24.3. The number of nitrogens with zero attached hydrogens (tertiary/aromatic N) is 6.